The van der Waals surface area contributed by atoms with Crippen LogP contribution in [0.15, 0.2) is 24.3 Å². The van der Waals surface area contributed by atoms with E-state index in [2.05, 4.69) is 62.2 Å². The molecule has 144 valence electrons. The van der Waals surface area contributed by atoms with Crippen LogP contribution in [-0.2, 0) is 14.3 Å². The first-order chi connectivity index (χ1) is 12.0. The van der Waals surface area contributed by atoms with E-state index in [4.69, 9.17) is 9.47 Å². The zero-order valence-electron chi connectivity index (χ0n) is 16.2. The predicted octanol–water partition coefficient (Wildman–Crippen LogP) is 4.17. The summed E-state index contributed by atoms with van der Waals surface area (Å²) in [6.07, 6.45) is 1.49. The first-order valence-electron chi connectivity index (χ1n) is 8.90. The quantitative estimate of drug-likeness (QED) is 0.365. The van der Waals surface area contributed by atoms with Crippen molar-refractivity contribution in [3.05, 3.63) is 27.8 Å². The van der Waals surface area contributed by atoms with E-state index >= 15 is 0 Å². The van der Waals surface area contributed by atoms with Crippen molar-refractivity contribution < 1.29 is 19.1 Å². The summed E-state index contributed by atoms with van der Waals surface area (Å²) in [7, 11) is 2.11. The monoisotopic (exact) mass is 473 g/mol. The van der Waals surface area contributed by atoms with Crippen molar-refractivity contribution >= 4 is 34.5 Å². The molecule has 0 bridgehead atoms. The number of hydrogen-bond acceptors (Lipinski definition) is 5. The molecule has 1 aromatic rings. The van der Waals surface area contributed by atoms with E-state index in [1.54, 1.807) is 6.07 Å². The van der Waals surface area contributed by atoms with E-state index in [1.807, 2.05) is 18.2 Å². The van der Waals surface area contributed by atoms with Crippen LogP contribution in [0.4, 0.5) is 0 Å². The van der Waals surface area contributed by atoms with E-state index < -0.39 is 5.97 Å². The highest BCUT2D eigenvalue weighted by Gasteiger charge is 2.44. The average molecular weight is 473 g/mol. The second-order valence-electron chi connectivity index (χ2n) is 8.11. The Labute approximate surface area is 169 Å². The number of carbonyl (C=O) groups is 2. The van der Waals surface area contributed by atoms with Crippen molar-refractivity contribution in [2.75, 3.05) is 7.05 Å². The van der Waals surface area contributed by atoms with Crippen LogP contribution in [0.5, 0.6) is 5.75 Å². The molecule has 0 N–H and O–H groups in total. The molecule has 5 nitrogen and oxygen atoms in total. The average Bonchev–Trinajstić information content (AvgIpc) is 2.52. The summed E-state index contributed by atoms with van der Waals surface area (Å²) < 4.78 is 11.8. The molecule has 26 heavy (non-hydrogen) atoms. The Morgan fingerprint density at radius 3 is 2.19 bits per heavy atom. The molecule has 1 heterocycles. The summed E-state index contributed by atoms with van der Waals surface area (Å²) in [4.78, 5) is 26.5. The number of para-hydroxylation sites is 1. The van der Waals surface area contributed by atoms with Crippen LogP contribution in [0.25, 0.3) is 0 Å². The molecule has 0 radical (unpaired) electrons. The van der Waals surface area contributed by atoms with Crippen molar-refractivity contribution in [3.63, 3.8) is 0 Å². The molecule has 1 aromatic carbocycles. The fourth-order valence-electron chi connectivity index (χ4n) is 3.51. The Balaban J connectivity index is 1.83. The van der Waals surface area contributed by atoms with Gasteiger partial charge >= 0.3 is 11.9 Å². The van der Waals surface area contributed by atoms with Crippen LogP contribution < -0.4 is 4.74 Å². The molecule has 1 saturated heterocycles. The number of hydrogen-bond donors (Lipinski definition) is 0. The molecule has 0 aliphatic carbocycles. The van der Waals surface area contributed by atoms with Gasteiger partial charge in [-0.15, -0.1) is 0 Å². The van der Waals surface area contributed by atoms with E-state index in [1.165, 1.54) is 0 Å². The third kappa shape index (κ3) is 5.42. The van der Waals surface area contributed by atoms with Gasteiger partial charge in [0.05, 0.1) is 16.4 Å². The van der Waals surface area contributed by atoms with Gasteiger partial charge in [-0.2, -0.15) is 0 Å². The summed E-state index contributed by atoms with van der Waals surface area (Å²) in [5.41, 5.74) is -0.0920. The standard InChI is InChI=1S/C20H28INO4/c1-19(2)12-14(13-20(3,4)22(19)5)25-17(23)10-11-18(24)26-16-9-7-6-8-15(16)21/h6-9,14H,10-13H2,1-5H3. The van der Waals surface area contributed by atoms with Crippen molar-refractivity contribution in [3.8, 4) is 5.75 Å². The highest BCUT2D eigenvalue weighted by molar-refractivity contribution is 14.1. The highest BCUT2D eigenvalue weighted by Crippen LogP contribution is 2.38. The number of nitrogens with zero attached hydrogens (tertiary/aromatic N) is 1. The van der Waals surface area contributed by atoms with E-state index in [0.29, 0.717) is 5.75 Å². The Morgan fingerprint density at radius 2 is 1.62 bits per heavy atom. The number of halogens is 1. The summed E-state index contributed by atoms with van der Waals surface area (Å²) in [6.45, 7) is 8.64. The smallest absolute Gasteiger partial charge is 0.311 e. The molecule has 0 unspecified atom stereocenters. The van der Waals surface area contributed by atoms with Gasteiger partial charge in [0.2, 0.25) is 0 Å². The van der Waals surface area contributed by atoms with Crippen molar-refractivity contribution in [2.45, 2.75) is 70.6 Å². The van der Waals surface area contributed by atoms with Crippen LogP contribution in [0.2, 0.25) is 0 Å². The van der Waals surface area contributed by atoms with Gasteiger partial charge in [0.1, 0.15) is 11.9 Å². The fourth-order valence-corrected chi connectivity index (χ4v) is 4.01. The molecule has 1 aliphatic heterocycles. The maximum atomic E-state index is 12.2. The summed E-state index contributed by atoms with van der Waals surface area (Å²) in [5.74, 6) is -0.244. The Kier molecular flexibility index (Phi) is 6.71. The van der Waals surface area contributed by atoms with Crippen LogP contribution in [0.1, 0.15) is 53.4 Å². The summed E-state index contributed by atoms with van der Waals surface area (Å²) in [6, 6.07) is 7.28. The second-order valence-corrected chi connectivity index (χ2v) is 9.27. The minimum Gasteiger partial charge on any atom is -0.462 e. The van der Waals surface area contributed by atoms with Crippen molar-refractivity contribution in [2.24, 2.45) is 0 Å². The van der Waals surface area contributed by atoms with Gasteiger partial charge in [0.25, 0.3) is 0 Å². The first kappa shape index (κ1) is 21.2. The molecule has 0 spiro atoms. The predicted molar refractivity (Wildman–Crippen MR) is 109 cm³/mol. The lowest BCUT2D eigenvalue weighted by molar-refractivity contribution is -0.160. The number of rotatable bonds is 5. The molecule has 0 saturated carbocycles. The van der Waals surface area contributed by atoms with Gasteiger partial charge in [-0.3, -0.25) is 14.5 Å². The molecule has 0 aromatic heterocycles. The van der Waals surface area contributed by atoms with Gasteiger partial charge in [-0.25, -0.2) is 0 Å². The van der Waals surface area contributed by atoms with E-state index in [0.717, 1.165) is 16.4 Å². The topological polar surface area (TPSA) is 55.8 Å². The molecule has 0 amide bonds. The zero-order chi connectivity index (χ0) is 19.5. The lowest BCUT2D eigenvalue weighted by atomic mass is 9.79. The molecule has 1 fully saturated rings. The van der Waals surface area contributed by atoms with Crippen LogP contribution in [-0.4, -0.2) is 41.1 Å². The summed E-state index contributed by atoms with van der Waals surface area (Å²) >= 11 is 2.11. The fraction of sp³-hybridized carbons (Fsp3) is 0.600. The molecular weight excluding hydrogens is 445 g/mol. The molecule has 0 atom stereocenters. The van der Waals surface area contributed by atoms with E-state index in [9.17, 15) is 9.59 Å². The van der Waals surface area contributed by atoms with E-state index in [-0.39, 0.29) is 36.0 Å². The van der Waals surface area contributed by atoms with Crippen LogP contribution >= 0.6 is 22.6 Å². The van der Waals surface area contributed by atoms with Crippen LogP contribution in [0.3, 0.4) is 0 Å². The zero-order valence-corrected chi connectivity index (χ0v) is 18.3. The maximum absolute atomic E-state index is 12.2. The van der Waals surface area contributed by atoms with Crippen LogP contribution in [0, 0.1) is 3.57 Å². The van der Waals surface area contributed by atoms with Crippen molar-refractivity contribution in [1.29, 1.82) is 0 Å². The number of likely N-dealkylation sites (tertiary alicyclic amines) is 1. The highest BCUT2D eigenvalue weighted by atomic mass is 127. The van der Waals surface area contributed by atoms with Crippen molar-refractivity contribution in [1.82, 2.24) is 4.90 Å². The Hall–Kier alpha value is -1.15. The third-order valence-corrected chi connectivity index (χ3v) is 6.05. The van der Waals surface area contributed by atoms with Gasteiger partial charge in [0, 0.05) is 23.9 Å². The van der Waals surface area contributed by atoms with Gasteiger partial charge in [-0.1, -0.05) is 12.1 Å². The minimum absolute atomic E-state index is 0.0171. The lowest BCUT2D eigenvalue weighted by Crippen LogP contribution is -2.60. The molecule has 1 aliphatic rings. The first-order valence-corrected chi connectivity index (χ1v) is 9.98. The number of benzene rings is 1. The molecule has 6 heteroatoms. The Morgan fingerprint density at radius 1 is 1.08 bits per heavy atom. The Bertz CT molecular complexity index is 654. The minimum atomic E-state index is -0.421. The van der Waals surface area contributed by atoms with Gasteiger partial charge in [0.15, 0.2) is 0 Å². The number of esters is 2. The normalized spacial score (nSPS) is 19.8. The van der Waals surface area contributed by atoms with Gasteiger partial charge in [-0.05, 0) is 69.5 Å². The summed E-state index contributed by atoms with van der Waals surface area (Å²) in [5, 5.41) is 0. The maximum Gasteiger partial charge on any atom is 0.311 e. The molecule has 2 rings (SSSR count). The van der Waals surface area contributed by atoms with Gasteiger partial charge < -0.3 is 9.47 Å². The lowest BCUT2D eigenvalue weighted by Gasteiger charge is -2.53. The number of carbonyl (C=O) groups excluding carboxylic acids is 2. The number of ether oxygens (including phenoxy) is 2. The molecular formula is C20H28INO4. The largest absolute Gasteiger partial charge is 0.462 e. The SMILES string of the molecule is CN1C(C)(C)CC(OC(=O)CCC(=O)Oc2ccccc2I)CC1(C)C. The third-order valence-electron chi connectivity index (χ3n) is 5.16. The second kappa shape index (κ2) is 8.25. The number of piperidine rings is 1.